The fraction of sp³-hybridized carbons (Fsp3) is 0.133. The van der Waals surface area contributed by atoms with E-state index in [1.165, 1.54) is 37.4 Å². The third-order valence-corrected chi connectivity index (χ3v) is 2.86. The van der Waals surface area contributed by atoms with Crippen LogP contribution in [0.25, 0.3) is 0 Å². The van der Waals surface area contributed by atoms with Gasteiger partial charge in [0.15, 0.2) is 23.1 Å². The van der Waals surface area contributed by atoms with E-state index in [0.717, 1.165) is 0 Å². The summed E-state index contributed by atoms with van der Waals surface area (Å²) in [6.45, 7) is 0.217. The van der Waals surface area contributed by atoms with Crippen molar-refractivity contribution in [3.8, 4) is 17.2 Å². The van der Waals surface area contributed by atoms with Crippen molar-refractivity contribution in [3.63, 3.8) is 0 Å². The molecule has 2 rings (SSSR count). The summed E-state index contributed by atoms with van der Waals surface area (Å²) in [7, 11) is 1.41. The highest BCUT2D eigenvalue weighted by Crippen LogP contribution is 2.33. The number of hydrogen-bond donors (Lipinski definition) is 2. The number of aromatic carboxylic acids is 1. The molecule has 0 aliphatic carbocycles. The van der Waals surface area contributed by atoms with E-state index >= 15 is 0 Å². The van der Waals surface area contributed by atoms with Crippen molar-refractivity contribution in [1.29, 1.82) is 0 Å². The normalized spacial score (nSPS) is 10.2. The van der Waals surface area contributed by atoms with E-state index < -0.39 is 11.8 Å². The maximum Gasteiger partial charge on any atom is 0.335 e. The van der Waals surface area contributed by atoms with Crippen LogP contribution in [-0.4, -0.2) is 18.2 Å². The van der Waals surface area contributed by atoms with E-state index in [0.29, 0.717) is 11.3 Å². The van der Waals surface area contributed by atoms with Crippen LogP contribution in [-0.2, 0) is 6.54 Å². The van der Waals surface area contributed by atoms with Gasteiger partial charge in [0.2, 0.25) is 0 Å². The molecule has 0 aromatic heterocycles. The summed E-state index contributed by atoms with van der Waals surface area (Å²) in [5, 5.41) is 8.98. The molecular weight excluding hydrogens is 277 g/mol. The predicted octanol–water partition coefficient (Wildman–Crippen LogP) is 2.78. The molecule has 0 amide bonds. The molecule has 0 aliphatic heterocycles. The Hall–Kier alpha value is -2.60. The van der Waals surface area contributed by atoms with Gasteiger partial charge in [0.05, 0.1) is 12.7 Å². The minimum Gasteiger partial charge on any atom is -0.493 e. The second-order valence-corrected chi connectivity index (χ2v) is 4.24. The highest BCUT2D eigenvalue weighted by molar-refractivity contribution is 5.88. The fourth-order valence-corrected chi connectivity index (χ4v) is 1.76. The molecule has 5 nitrogen and oxygen atoms in total. The molecule has 2 aromatic rings. The van der Waals surface area contributed by atoms with Gasteiger partial charge in [-0.3, -0.25) is 0 Å². The maximum atomic E-state index is 13.9. The second kappa shape index (κ2) is 6.23. The molecule has 0 saturated heterocycles. The van der Waals surface area contributed by atoms with Gasteiger partial charge in [0.25, 0.3) is 0 Å². The van der Waals surface area contributed by atoms with Gasteiger partial charge in [-0.15, -0.1) is 0 Å². The van der Waals surface area contributed by atoms with Crippen LogP contribution < -0.4 is 15.2 Å². The van der Waals surface area contributed by atoms with Gasteiger partial charge in [-0.2, -0.15) is 0 Å². The first-order chi connectivity index (χ1) is 10.0. The first-order valence-corrected chi connectivity index (χ1v) is 6.13. The zero-order valence-electron chi connectivity index (χ0n) is 11.3. The summed E-state index contributed by atoms with van der Waals surface area (Å²) in [6.07, 6.45) is 0. The van der Waals surface area contributed by atoms with Crippen molar-refractivity contribution in [1.82, 2.24) is 0 Å². The summed E-state index contributed by atoms with van der Waals surface area (Å²) in [5.41, 5.74) is 6.08. The summed E-state index contributed by atoms with van der Waals surface area (Å²) >= 11 is 0. The Morgan fingerprint density at radius 3 is 2.48 bits per heavy atom. The molecule has 0 unspecified atom stereocenters. The molecule has 0 fully saturated rings. The molecule has 2 aromatic carbocycles. The quantitative estimate of drug-likeness (QED) is 0.885. The van der Waals surface area contributed by atoms with Gasteiger partial charge >= 0.3 is 5.97 Å². The standard InChI is InChI=1S/C15H14FNO4/c1-20-13-5-3-10(15(18)19)7-14(13)21-12-4-2-9(8-17)6-11(12)16/h2-7H,8,17H2,1H3,(H,18,19). The molecule has 0 saturated carbocycles. The van der Waals surface area contributed by atoms with Crippen molar-refractivity contribution >= 4 is 5.97 Å². The molecule has 0 heterocycles. The number of halogens is 1. The van der Waals surface area contributed by atoms with Crippen molar-refractivity contribution in [2.24, 2.45) is 5.73 Å². The van der Waals surface area contributed by atoms with Crippen LogP contribution in [0.2, 0.25) is 0 Å². The van der Waals surface area contributed by atoms with Gasteiger partial charge < -0.3 is 20.3 Å². The molecule has 0 radical (unpaired) electrons. The average Bonchev–Trinajstić information content (AvgIpc) is 2.49. The van der Waals surface area contributed by atoms with Crippen LogP contribution in [0.1, 0.15) is 15.9 Å². The molecule has 3 N–H and O–H groups in total. The number of nitrogens with two attached hydrogens (primary N) is 1. The monoisotopic (exact) mass is 291 g/mol. The number of hydrogen-bond acceptors (Lipinski definition) is 4. The third-order valence-electron chi connectivity index (χ3n) is 2.86. The molecule has 0 atom stereocenters. The summed E-state index contributed by atoms with van der Waals surface area (Å²) < 4.78 is 24.4. The zero-order valence-corrected chi connectivity index (χ0v) is 11.3. The van der Waals surface area contributed by atoms with Crippen LogP contribution in [0.4, 0.5) is 4.39 Å². The van der Waals surface area contributed by atoms with E-state index in [2.05, 4.69) is 0 Å². The summed E-state index contributed by atoms with van der Waals surface area (Å²) in [6, 6.07) is 8.43. The first-order valence-electron chi connectivity index (χ1n) is 6.13. The Bertz CT molecular complexity index is 673. The number of benzene rings is 2. The predicted molar refractivity (Wildman–Crippen MR) is 74.3 cm³/mol. The Morgan fingerprint density at radius 1 is 1.19 bits per heavy atom. The number of rotatable bonds is 5. The number of carboxylic acids is 1. The number of carboxylic acid groups (broad SMARTS) is 1. The SMILES string of the molecule is COc1ccc(C(=O)O)cc1Oc1ccc(CN)cc1F. The fourth-order valence-electron chi connectivity index (χ4n) is 1.76. The topological polar surface area (TPSA) is 81.8 Å². The maximum absolute atomic E-state index is 13.9. The van der Waals surface area contributed by atoms with Gasteiger partial charge in [-0.25, -0.2) is 9.18 Å². The lowest BCUT2D eigenvalue weighted by Crippen LogP contribution is -2.00. The van der Waals surface area contributed by atoms with Crippen LogP contribution >= 0.6 is 0 Å². The third kappa shape index (κ3) is 3.29. The van der Waals surface area contributed by atoms with E-state index in [-0.39, 0.29) is 23.6 Å². The van der Waals surface area contributed by atoms with Crippen molar-refractivity contribution in [2.45, 2.75) is 6.54 Å². The van der Waals surface area contributed by atoms with Crippen LogP contribution in [0.5, 0.6) is 17.2 Å². The Labute approximate surface area is 120 Å². The Kier molecular flexibility index (Phi) is 4.39. The van der Waals surface area contributed by atoms with Gasteiger partial charge in [0, 0.05) is 6.54 Å². The lowest BCUT2D eigenvalue weighted by molar-refractivity contribution is 0.0696. The zero-order chi connectivity index (χ0) is 15.4. The molecule has 0 aliphatic rings. The van der Waals surface area contributed by atoms with E-state index in [9.17, 15) is 9.18 Å². The van der Waals surface area contributed by atoms with Crippen LogP contribution in [0.15, 0.2) is 36.4 Å². The van der Waals surface area contributed by atoms with E-state index in [1.54, 1.807) is 6.07 Å². The summed E-state index contributed by atoms with van der Waals surface area (Å²) in [4.78, 5) is 11.0. The lowest BCUT2D eigenvalue weighted by Gasteiger charge is -2.12. The largest absolute Gasteiger partial charge is 0.493 e. The van der Waals surface area contributed by atoms with Crippen LogP contribution in [0.3, 0.4) is 0 Å². The Morgan fingerprint density at radius 2 is 1.90 bits per heavy atom. The highest BCUT2D eigenvalue weighted by Gasteiger charge is 2.13. The first kappa shape index (κ1) is 14.8. The van der Waals surface area contributed by atoms with E-state index in [4.69, 9.17) is 20.3 Å². The summed E-state index contributed by atoms with van der Waals surface area (Å²) in [5.74, 6) is -1.30. The second-order valence-electron chi connectivity index (χ2n) is 4.24. The molecular formula is C15H14FNO4. The molecule has 110 valence electrons. The smallest absolute Gasteiger partial charge is 0.335 e. The lowest BCUT2D eigenvalue weighted by atomic mass is 10.2. The van der Waals surface area contributed by atoms with E-state index in [1.807, 2.05) is 0 Å². The van der Waals surface area contributed by atoms with Crippen molar-refractivity contribution < 1.29 is 23.8 Å². The molecule has 0 spiro atoms. The van der Waals surface area contributed by atoms with Gasteiger partial charge in [-0.05, 0) is 35.9 Å². The van der Waals surface area contributed by atoms with Gasteiger partial charge in [-0.1, -0.05) is 6.07 Å². The minimum absolute atomic E-state index is 0.0183. The van der Waals surface area contributed by atoms with Crippen molar-refractivity contribution in [2.75, 3.05) is 7.11 Å². The number of carbonyl (C=O) groups is 1. The number of methoxy groups -OCH3 is 1. The molecule has 21 heavy (non-hydrogen) atoms. The Balaban J connectivity index is 2.38. The molecule has 6 heteroatoms. The van der Waals surface area contributed by atoms with Crippen LogP contribution in [0, 0.1) is 5.82 Å². The van der Waals surface area contributed by atoms with Crippen molar-refractivity contribution in [3.05, 3.63) is 53.3 Å². The molecule has 0 bridgehead atoms. The van der Waals surface area contributed by atoms with Gasteiger partial charge in [0.1, 0.15) is 0 Å². The minimum atomic E-state index is -1.11. The highest BCUT2D eigenvalue weighted by atomic mass is 19.1. The average molecular weight is 291 g/mol. The number of ether oxygens (including phenoxy) is 2.